The molecule has 4 rings (SSSR count). The van der Waals surface area contributed by atoms with Gasteiger partial charge in [0.15, 0.2) is 5.60 Å². The van der Waals surface area contributed by atoms with Crippen LogP contribution in [0.4, 0.5) is 0 Å². The normalized spacial score (nSPS) is 16.1. The molecule has 2 aromatic carbocycles. The molecule has 0 atom stereocenters. The second kappa shape index (κ2) is 6.97. The number of aromatic hydroxyl groups is 1. The maximum absolute atomic E-state index is 9.79. The lowest BCUT2D eigenvalue weighted by molar-refractivity contribution is -0.169. The van der Waals surface area contributed by atoms with Gasteiger partial charge in [0.1, 0.15) is 17.2 Å². The summed E-state index contributed by atoms with van der Waals surface area (Å²) in [6.45, 7) is 9.18. The molecule has 0 amide bonds. The molecule has 2 heterocycles. The van der Waals surface area contributed by atoms with E-state index in [1.807, 2.05) is 30.4 Å². The van der Waals surface area contributed by atoms with Crippen molar-refractivity contribution in [3.05, 3.63) is 78.9 Å². The number of fused-ring (bicyclic) bond motifs is 4. The third-order valence-electron chi connectivity index (χ3n) is 4.87. The lowest BCUT2D eigenvalue weighted by Crippen LogP contribution is -2.53. The van der Waals surface area contributed by atoms with Gasteiger partial charge in [-0.25, -0.2) is 0 Å². The van der Waals surface area contributed by atoms with Crippen LogP contribution in [0.2, 0.25) is 0 Å². The van der Waals surface area contributed by atoms with Crippen LogP contribution < -0.4 is 9.47 Å². The van der Waals surface area contributed by atoms with E-state index in [9.17, 15) is 5.11 Å². The Morgan fingerprint density at radius 2 is 2.00 bits per heavy atom. The first-order valence-electron chi connectivity index (χ1n) is 8.96. The first kappa shape index (κ1) is 17.4. The molecule has 0 aromatic heterocycles. The topological polar surface area (TPSA) is 47.9 Å². The summed E-state index contributed by atoms with van der Waals surface area (Å²) >= 11 is 0. The maximum Gasteiger partial charge on any atom is 0.181 e. The van der Waals surface area contributed by atoms with Crippen LogP contribution in [-0.2, 0) is 10.3 Å². The summed E-state index contributed by atoms with van der Waals surface area (Å²) < 4.78 is 17.6. The largest absolute Gasteiger partial charge is 0.508 e. The van der Waals surface area contributed by atoms with E-state index >= 15 is 0 Å². The van der Waals surface area contributed by atoms with Crippen molar-refractivity contribution < 1.29 is 19.3 Å². The number of hydrogen-bond donors (Lipinski definition) is 1. The first-order chi connectivity index (χ1) is 13.1. The van der Waals surface area contributed by atoms with Crippen LogP contribution >= 0.6 is 0 Å². The summed E-state index contributed by atoms with van der Waals surface area (Å²) in [5.74, 6) is 1.68. The molecule has 0 radical (unpaired) electrons. The number of phenols is 1. The van der Waals surface area contributed by atoms with Gasteiger partial charge in [0.2, 0.25) is 0 Å². The van der Waals surface area contributed by atoms with Gasteiger partial charge in [-0.2, -0.15) is 0 Å². The molecule has 138 valence electrons. The van der Waals surface area contributed by atoms with Crippen LogP contribution in [0, 0.1) is 0 Å². The molecule has 27 heavy (non-hydrogen) atoms. The van der Waals surface area contributed by atoms with E-state index in [0.29, 0.717) is 25.6 Å². The van der Waals surface area contributed by atoms with Crippen molar-refractivity contribution in [3.8, 4) is 28.4 Å². The third-order valence-corrected chi connectivity index (χ3v) is 4.87. The zero-order valence-corrected chi connectivity index (χ0v) is 15.1. The van der Waals surface area contributed by atoms with Crippen molar-refractivity contribution in [3.63, 3.8) is 0 Å². The monoisotopic (exact) mass is 362 g/mol. The molecule has 2 aliphatic rings. The van der Waals surface area contributed by atoms with Crippen LogP contribution in [0.5, 0.6) is 17.2 Å². The fourth-order valence-electron chi connectivity index (χ4n) is 3.40. The van der Waals surface area contributed by atoms with Gasteiger partial charge in [-0.05, 0) is 29.8 Å². The van der Waals surface area contributed by atoms with Gasteiger partial charge in [-0.3, -0.25) is 0 Å². The van der Waals surface area contributed by atoms with Crippen molar-refractivity contribution in [1.29, 1.82) is 0 Å². The van der Waals surface area contributed by atoms with Gasteiger partial charge in [-0.1, -0.05) is 43.0 Å². The van der Waals surface area contributed by atoms with Gasteiger partial charge in [0.25, 0.3) is 0 Å². The van der Waals surface area contributed by atoms with Crippen LogP contribution in [0.15, 0.2) is 73.4 Å². The predicted molar refractivity (Wildman–Crippen MR) is 105 cm³/mol. The van der Waals surface area contributed by atoms with Crippen molar-refractivity contribution in [1.82, 2.24) is 0 Å². The van der Waals surface area contributed by atoms with E-state index in [2.05, 4.69) is 19.2 Å². The van der Waals surface area contributed by atoms with Gasteiger partial charge in [0, 0.05) is 23.6 Å². The minimum atomic E-state index is -0.508. The van der Waals surface area contributed by atoms with E-state index in [4.69, 9.17) is 14.2 Å². The van der Waals surface area contributed by atoms with Crippen molar-refractivity contribution >= 4 is 0 Å². The highest BCUT2D eigenvalue weighted by molar-refractivity contribution is 5.78. The number of ether oxygens (including phenoxy) is 3. The molecule has 0 saturated carbocycles. The number of benzene rings is 2. The third kappa shape index (κ3) is 3.24. The predicted octanol–water partition coefficient (Wildman–Crippen LogP) is 4.74. The zero-order chi connectivity index (χ0) is 18.9. The Bertz CT molecular complexity index is 922. The highest BCUT2D eigenvalue weighted by Crippen LogP contribution is 2.50. The summed E-state index contributed by atoms with van der Waals surface area (Å²) in [7, 11) is 0. The van der Waals surface area contributed by atoms with Crippen LogP contribution in [-0.4, -0.2) is 24.9 Å². The molecule has 2 aliphatic heterocycles. The van der Waals surface area contributed by atoms with E-state index in [1.165, 1.54) is 0 Å². The lowest BCUT2D eigenvalue weighted by atomic mass is 9.82. The minimum absolute atomic E-state index is 0.193. The number of rotatable bonds is 6. The Hall–Kier alpha value is -2.98. The minimum Gasteiger partial charge on any atom is -0.508 e. The summed E-state index contributed by atoms with van der Waals surface area (Å²) in [6.07, 6.45) is 6.28. The maximum atomic E-state index is 9.79. The SMILES string of the molecule is C=C/C=C\C(=C)CCOc1ccc2c(c1)C1(COC1)Oc1cc(O)ccc1-2. The number of allylic oxidation sites excluding steroid dienone is 3. The lowest BCUT2D eigenvalue weighted by Gasteiger charge is -2.45. The van der Waals surface area contributed by atoms with Gasteiger partial charge in [0.05, 0.1) is 19.8 Å². The first-order valence-corrected chi connectivity index (χ1v) is 8.96. The Morgan fingerprint density at radius 3 is 2.74 bits per heavy atom. The Labute approximate surface area is 159 Å². The zero-order valence-electron chi connectivity index (χ0n) is 15.1. The summed E-state index contributed by atoms with van der Waals surface area (Å²) in [4.78, 5) is 0. The van der Waals surface area contributed by atoms with Crippen molar-refractivity contribution in [2.24, 2.45) is 0 Å². The molecule has 0 aliphatic carbocycles. The van der Waals surface area contributed by atoms with E-state index in [0.717, 1.165) is 34.4 Å². The number of hydrogen-bond acceptors (Lipinski definition) is 4. The van der Waals surface area contributed by atoms with E-state index in [1.54, 1.807) is 18.2 Å². The van der Waals surface area contributed by atoms with Crippen LogP contribution in [0.3, 0.4) is 0 Å². The van der Waals surface area contributed by atoms with E-state index in [-0.39, 0.29) is 5.75 Å². The average molecular weight is 362 g/mol. The Kier molecular flexibility index (Phi) is 4.50. The van der Waals surface area contributed by atoms with Gasteiger partial charge in [-0.15, -0.1) is 0 Å². The molecule has 2 aromatic rings. The summed E-state index contributed by atoms with van der Waals surface area (Å²) in [6, 6.07) is 11.3. The number of phenolic OH excluding ortho intramolecular Hbond substituents is 1. The molecule has 1 N–H and O–H groups in total. The second-order valence-electron chi connectivity index (χ2n) is 6.83. The highest BCUT2D eigenvalue weighted by Gasteiger charge is 2.47. The van der Waals surface area contributed by atoms with Crippen molar-refractivity contribution in [2.75, 3.05) is 19.8 Å². The standard InChI is InChI=1S/C23H22O4/c1-3-4-5-16(2)10-11-26-18-7-9-19-20-8-6-17(24)12-22(20)27-23(14-25-15-23)21(19)13-18/h3-9,12-13,24H,1-2,10-11,14-15H2/b5-4-. The molecule has 4 nitrogen and oxygen atoms in total. The second-order valence-corrected chi connectivity index (χ2v) is 6.83. The van der Waals surface area contributed by atoms with E-state index < -0.39 is 5.60 Å². The molecular weight excluding hydrogens is 340 g/mol. The fraction of sp³-hybridized carbons (Fsp3) is 0.217. The molecular formula is C23H22O4. The Morgan fingerprint density at radius 1 is 1.19 bits per heavy atom. The fourth-order valence-corrected chi connectivity index (χ4v) is 3.40. The smallest absolute Gasteiger partial charge is 0.181 e. The average Bonchev–Trinajstić information content (AvgIpc) is 2.64. The molecule has 1 fully saturated rings. The van der Waals surface area contributed by atoms with Crippen LogP contribution in [0.1, 0.15) is 12.0 Å². The molecule has 1 spiro atoms. The van der Waals surface area contributed by atoms with Crippen LogP contribution in [0.25, 0.3) is 11.1 Å². The highest BCUT2D eigenvalue weighted by atomic mass is 16.6. The van der Waals surface area contributed by atoms with Gasteiger partial charge >= 0.3 is 0 Å². The summed E-state index contributed by atoms with van der Waals surface area (Å²) in [5.41, 5.74) is 3.61. The molecule has 4 heteroatoms. The summed E-state index contributed by atoms with van der Waals surface area (Å²) in [5, 5.41) is 9.79. The molecule has 0 bridgehead atoms. The van der Waals surface area contributed by atoms with Gasteiger partial charge < -0.3 is 19.3 Å². The quantitative estimate of drug-likeness (QED) is 0.754. The molecule has 1 saturated heterocycles. The van der Waals surface area contributed by atoms with Crippen molar-refractivity contribution in [2.45, 2.75) is 12.0 Å². The Balaban J connectivity index is 1.58. The molecule has 0 unspecified atom stereocenters.